The van der Waals surface area contributed by atoms with E-state index in [9.17, 15) is 4.79 Å². The van der Waals surface area contributed by atoms with Gasteiger partial charge in [0.05, 0.1) is 6.04 Å². The summed E-state index contributed by atoms with van der Waals surface area (Å²) in [4.78, 5) is 16.7. The number of hydrogen-bond acceptors (Lipinski definition) is 4. The summed E-state index contributed by atoms with van der Waals surface area (Å²) >= 11 is 0. The van der Waals surface area contributed by atoms with Gasteiger partial charge in [-0.1, -0.05) is 23.8 Å². The van der Waals surface area contributed by atoms with E-state index in [1.165, 1.54) is 24.0 Å². The van der Waals surface area contributed by atoms with Crippen molar-refractivity contribution in [1.29, 1.82) is 0 Å². The average Bonchev–Trinajstić information content (AvgIpc) is 3.16. The first kappa shape index (κ1) is 17.4. The van der Waals surface area contributed by atoms with Gasteiger partial charge in [0, 0.05) is 20.1 Å². The molecule has 5 heteroatoms. The number of aromatic nitrogens is 2. The Hall–Kier alpha value is -2.43. The fourth-order valence-electron chi connectivity index (χ4n) is 3.33. The molecule has 1 saturated heterocycles. The molecule has 1 amide bonds. The second kappa shape index (κ2) is 7.21. The van der Waals surface area contributed by atoms with Crippen LogP contribution in [-0.4, -0.2) is 41.1 Å². The van der Waals surface area contributed by atoms with Gasteiger partial charge in [-0.05, 0) is 56.9 Å². The van der Waals surface area contributed by atoms with Crippen LogP contribution < -0.4 is 4.90 Å². The molecule has 0 bridgehead atoms. The normalized spacial score (nSPS) is 15.3. The number of benzene rings is 1. The molecule has 0 aliphatic carbocycles. The zero-order chi connectivity index (χ0) is 18.0. The Bertz CT molecular complexity index is 751. The van der Waals surface area contributed by atoms with E-state index in [1.807, 2.05) is 20.0 Å². The highest BCUT2D eigenvalue weighted by Crippen LogP contribution is 2.25. The van der Waals surface area contributed by atoms with Crippen LogP contribution in [0.4, 0.5) is 5.82 Å². The summed E-state index contributed by atoms with van der Waals surface area (Å²) in [5.41, 5.74) is 3.94. The number of aryl methyl sites for hydroxylation is 2. The predicted octanol–water partition coefficient (Wildman–Crippen LogP) is 3.53. The van der Waals surface area contributed by atoms with E-state index in [0.717, 1.165) is 24.5 Å². The van der Waals surface area contributed by atoms with Crippen LogP contribution in [0.1, 0.15) is 53.0 Å². The van der Waals surface area contributed by atoms with Crippen molar-refractivity contribution in [1.82, 2.24) is 15.1 Å². The summed E-state index contributed by atoms with van der Waals surface area (Å²) in [6, 6.07) is 10.0. The fourth-order valence-corrected chi connectivity index (χ4v) is 3.33. The van der Waals surface area contributed by atoms with Crippen LogP contribution in [0.15, 0.2) is 30.3 Å². The molecule has 1 unspecified atom stereocenters. The van der Waals surface area contributed by atoms with Gasteiger partial charge in [0.1, 0.15) is 0 Å². The minimum Gasteiger partial charge on any atom is -0.355 e. The van der Waals surface area contributed by atoms with E-state index < -0.39 is 0 Å². The van der Waals surface area contributed by atoms with Crippen molar-refractivity contribution in [3.8, 4) is 0 Å². The largest absolute Gasteiger partial charge is 0.355 e. The Labute approximate surface area is 149 Å². The molecule has 3 rings (SSSR count). The maximum absolute atomic E-state index is 12.8. The Morgan fingerprint density at radius 3 is 2.48 bits per heavy atom. The Morgan fingerprint density at radius 1 is 1.12 bits per heavy atom. The number of amides is 1. The molecule has 1 aliphatic heterocycles. The molecule has 5 nitrogen and oxygen atoms in total. The molecule has 1 aliphatic rings. The quantitative estimate of drug-likeness (QED) is 0.856. The highest BCUT2D eigenvalue weighted by Gasteiger charge is 2.22. The van der Waals surface area contributed by atoms with Crippen molar-refractivity contribution < 1.29 is 4.79 Å². The zero-order valence-corrected chi connectivity index (χ0v) is 15.5. The summed E-state index contributed by atoms with van der Waals surface area (Å²) in [7, 11) is 1.82. The summed E-state index contributed by atoms with van der Waals surface area (Å²) in [6.07, 6.45) is 2.39. The van der Waals surface area contributed by atoms with E-state index in [2.05, 4.69) is 47.1 Å². The van der Waals surface area contributed by atoms with Gasteiger partial charge in [-0.2, -0.15) is 0 Å². The Kier molecular flexibility index (Phi) is 5.02. The molecule has 1 fully saturated rings. The third-order valence-electron chi connectivity index (χ3n) is 5.09. The van der Waals surface area contributed by atoms with Gasteiger partial charge in [-0.15, -0.1) is 10.2 Å². The Morgan fingerprint density at radius 2 is 1.84 bits per heavy atom. The number of hydrogen-bond donors (Lipinski definition) is 0. The molecule has 1 aromatic carbocycles. The van der Waals surface area contributed by atoms with Crippen LogP contribution in [0.5, 0.6) is 0 Å². The SMILES string of the molecule is Cc1ccc(C)c(C(C)N(C)C(=O)c2ccc(N3CCCC3)nn2)c1. The van der Waals surface area contributed by atoms with Crippen molar-refractivity contribution in [2.24, 2.45) is 0 Å². The van der Waals surface area contributed by atoms with Crippen molar-refractivity contribution in [3.05, 3.63) is 52.7 Å². The molecule has 2 heterocycles. The number of anilines is 1. The predicted molar refractivity (Wildman–Crippen MR) is 99.9 cm³/mol. The fraction of sp³-hybridized carbons (Fsp3) is 0.450. The van der Waals surface area contributed by atoms with Gasteiger partial charge in [0.2, 0.25) is 0 Å². The standard InChI is InChI=1S/C20H26N4O/c1-14-7-8-15(2)17(13-14)16(3)23(4)20(25)18-9-10-19(22-21-18)24-11-5-6-12-24/h7-10,13,16H,5-6,11-12H2,1-4H3. The second-order valence-corrected chi connectivity index (χ2v) is 6.92. The number of rotatable bonds is 4. The van der Waals surface area contributed by atoms with Crippen molar-refractivity contribution in [2.75, 3.05) is 25.0 Å². The molecule has 0 radical (unpaired) electrons. The summed E-state index contributed by atoms with van der Waals surface area (Å²) in [5.74, 6) is 0.758. The number of carbonyl (C=O) groups excluding carboxylic acids is 1. The summed E-state index contributed by atoms with van der Waals surface area (Å²) in [6.45, 7) is 8.23. The molecule has 2 aromatic rings. The first-order chi connectivity index (χ1) is 12.0. The molecular weight excluding hydrogens is 312 g/mol. The van der Waals surface area contributed by atoms with Crippen LogP contribution in [0.25, 0.3) is 0 Å². The van der Waals surface area contributed by atoms with E-state index >= 15 is 0 Å². The lowest BCUT2D eigenvalue weighted by molar-refractivity contribution is 0.0735. The first-order valence-corrected chi connectivity index (χ1v) is 8.90. The number of carbonyl (C=O) groups is 1. The van der Waals surface area contributed by atoms with Crippen molar-refractivity contribution in [2.45, 2.75) is 39.7 Å². The average molecular weight is 338 g/mol. The van der Waals surface area contributed by atoms with Gasteiger partial charge in [0.15, 0.2) is 11.5 Å². The molecule has 0 saturated carbocycles. The van der Waals surface area contributed by atoms with Crippen molar-refractivity contribution >= 4 is 11.7 Å². The second-order valence-electron chi connectivity index (χ2n) is 6.92. The first-order valence-electron chi connectivity index (χ1n) is 8.90. The molecule has 0 N–H and O–H groups in total. The van der Waals surface area contributed by atoms with Crippen molar-refractivity contribution in [3.63, 3.8) is 0 Å². The summed E-state index contributed by atoms with van der Waals surface area (Å²) < 4.78 is 0. The minimum absolute atomic E-state index is 0.0209. The lowest BCUT2D eigenvalue weighted by Gasteiger charge is -2.26. The van der Waals surface area contributed by atoms with Crippen LogP contribution in [0, 0.1) is 13.8 Å². The maximum Gasteiger partial charge on any atom is 0.274 e. The van der Waals surface area contributed by atoms with E-state index in [-0.39, 0.29) is 11.9 Å². The minimum atomic E-state index is -0.103. The molecule has 0 spiro atoms. The third kappa shape index (κ3) is 3.65. The van der Waals surface area contributed by atoms with E-state index in [4.69, 9.17) is 0 Å². The monoisotopic (exact) mass is 338 g/mol. The maximum atomic E-state index is 12.8. The highest BCUT2D eigenvalue weighted by molar-refractivity contribution is 5.92. The van der Waals surface area contributed by atoms with Crippen LogP contribution in [0.2, 0.25) is 0 Å². The molecular formula is C20H26N4O. The van der Waals surface area contributed by atoms with Crippen LogP contribution in [0.3, 0.4) is 0 Å². The topological polar surface area (TPSA) is 49.3 Å². The lowest BCUT2D eigenvalue weighted by Crippen LogP contribution is -2.31. The molecule has 25 heavy (non-hydrogen) atoms. The lowest BCUT2D eigenvalue weighted by atomic mass is 9.99. The van der Waals surface area contributed by atoms with Crippen LogP contribution >= 0.6 is 0 Å². The molecule has 1 atom stereocenters. The van der Waals surface area contributed by atoms with Crippen LogP contribution in [-0.2, 0) is 0 Å². The summed E-state index contributed by atoms with van der Waals surface area (Å²) in [5, 5.41) is 8.43. The Balaban J connectivity index is 1.76. The van der Waals surface area contributed by atoms with Gasteiger partial charge < -0.3 is 9.80 Å². The zero-order valence-electron chi connectivity index (χ0n) is 15.5. The highest BCUT2D eigenvalue weighted by atomic mass is 16.2. The van der Waals surface area contributed by atoms with Gasteiger partial charge in [-0.3, -0.25) is 4.79 Å². The number of nitrogens with zero attached hydrogens (tertiary/aromatic N) is 4. The van der Waals surface area contributed by atoms with Gasteiger partial charge in [0.25, 0.3) is 5.91 Å². The van der Waals surface area contributed by atoms with Gasteiger partial charge >= 0.3 is 0 Å². The van der Waals surface area contributed by atoms with E-state index in [0.29, 0.717) is 5.69 Å². The van der Waals surface area contributed by atoms with Gasteiger partial charge in [-0.25, -0.2) is 0 Å². The molecule has 132 valence electrons. The van der Waals surface area contributed by atoms with E-state index in [1.54, 1.807) is 11.0 Å². The smallest absolute Gasteiger partial charge is 0.274 e. The molecule has 1 aromatic heterocycles. The third-order valence-corrected chi connectivity index (χ3v) is 5.09.